The van der Waals surface area contributed by atoms with E-state index in [0.717, 1.165) is 27.2 Å². The number of hydrogen-bond acceptors (Lipinski definition) is 4. The van der Waals surface area contributed by atoms with Gasteiger partial charge in [0.05, 0.1) is 26.4 Å². The van der Waals surface area contributed by atoms with E-state index < -0.39 is 44.4 Å². The van der Waals surface area contributed by atoms with Gasteiger partial charge in [0.15, 0.2) is 0 Å². The third kappa shape index (κ3) is 8.59. The van der Waals surface area contributed by atoms with Crippen molar-refractivity contribution in [1.82, 2.24) is 20.0 Å². The summed E-state index contributed by atoms with van der Waals surface area (Å²) in [6.45, 7) is 1.34. The number of carbonyl (C=O) groups is 2. The van der Waals surface area contributed by atoms with E-state index in [0.29, 0.717) is 43.8 Å². The number of likely N-dealkylation sites (tertiary alicyclic amines) is 1. The number of nitrogens with one attached hydrogen (secondary N) is 1. The molecule has 3 amide bonds. The zero-order valence-corrected chi connectivity index (χ0v) is 33.7. The van der Waals surface area contributed by atoms with Crippen LogP contribution in [0.1, 0.15) is 53.1 Å². The maximum absolute atomic E-state index is 14.6. The number of likely N-dealkylation sites (N-methyl/N-ethyl adjacent to an activating group) is 2. The lowest BCUT2D eigenvalue weighted by Crippen LogP contribution is -2.59. The van der Waals surface area contributed by atoms with Gasteiger partial charge >= 0.3 is 17.3 Å². The lowest BCUT2D eigenvalue weighted by molar-refractivity contribution is -0.147. The number of urea groups is 1. The quantitative estimate of drug-likeness (QED) is 0.153. The van der Waals surface area contributed by atoms with E-state index in [1.165, 1.54) is 11.9 Å². The van der Waals surface area contributed by atoms with Crippen molar-refractivity contribution in [2.45, 2.75) is 46.7 Å². The molecule has 6 rings (SSSR count). The topological polar surface area (TPSA) is 73.0 Å². The van der Waals surface area contributed by atoms with Crippen LogP contribution in [0, 0.1) is 0 Å². The molecule has 0 saturated carbocycles. The number of nitrogens with zero attached hydrogens (tertiary/aromatic N) is 3. The summed E-state index contributed by atoms with van der Waals surface area (Å²) >= 11 is 18.2. The summed E-state index contributed by atoms with van der Waals surface area (Å²) in [6.07, 6.45) is 1.58. The van der Waals surface area contributed by atoms with Crippen LogP contribution in [0.2, 0.25) is 10.0 Å². The standard InChI is InChI=1S/C40H41Cl3F2N4O3S.ClH/c1-47(36(50)40(43,44)45)27-38(31-17-18-33(41)34(42)25-31,19-22-49-23-20-39(21-24-49)32-16-10-9-15-30(32)26-53(39)52)48(2)37(51)46-35(28-11-5-3-6-12-28)29-13-7-4-8-14-29;/h3-18,25,35H,19-24,26-27H2,1-2H3,(H,46,51);1H/t38?,53-;/m1./s1. The number of hydrogen-bond donors (Lipinski definition) is 1. The number of halogens is 6. The first-order valence-corrected chi connectivity index (χ1v) is 19.8. The van der Waals surface area contributed by atoms with Crippen molar-refractivity contribution in [2.24, 2.45) is 0 Å². The van der Waals surface area contributed by atoms with Crippen LogP contribution in [0.15, 0.2) is 103 Å². The van der Waals surface area contributed by atoms with Crippen LogP contribution in [-0.2, 0) is 31.6 Å². The lowest BCUT2D eigenvalue weighted by atomic mass is 9.83. The van der Waals surface area contributed by atoms with Gasteiger partial charge in [-0.25, -0.2) is 4.79 Å². The monoisotopic (exact) mass is 836 g/mol. The van der Waals surface area contributed by atoms with Crippen molar-refractivity contribution < 1.29 is 22.6 Å². The first-order valence-electron chi connectivity index (χ1n) is 17.4. The van der Waals surface area contributed by atoms with E-state index in [4.69, 9.17) is 34.8 Å². The summed E-state index contributed by atoms with van der Waals surface area (Å²) in [5, 5.41) is -0.524. The van der Waals surface area contributed by atoms with Gasteiger partial charge in [-0.3, -0.25) is 9.00 Å². The first-order chi connectivity index (χ1) is 25.2. The third-order valence-corrected chi connectivity index (χ3v) is 13.7. The van der Waals surface area contributed by atoms with Crippen molar-refractivity contribution in [1.29, 1.82) is 0 Å². The number of rotatable bonds is 11. The third-order valence-electron chi connectivity index (χ3n) is 10.8. The molecule has 1 N–H and O–H groups in total. The molecule has 4 aromatic carbocycles. The zero-order valence-electron chi connectivity index (χ0n) is 29.8. The Kier molecular flexibility index (Phi) is 13.4. The molecule has 7 nitrogen and oxygen atoms in total. The van der Waals surface area contributed by atoms with Crippen LogP contribution < -0.4 is 5.32 Å². The largest absolute Gasteiger partial charge is 0.399 e. The summed E-state index contributed by atoms with van der Waals surface area (Å²) in [5.41, 5.74) is 3.04. The molecule has 0 bridgehead atoms. The molecular weight excluding hydrogens is 796 g/mol. The Balaban J connectivity index is 0.00000561. The summed E-state index contributed by atoms with van der Waals surface area (Å²) in [5.74, 6) is -1.07. The average molecular weight is 839 g/mol. The van der Waals surface area contributed by atoms with Gasteiger partial charge in [0.25, 0.3) is 0 Å². The van der Waals surface area contributed by atoms with Crippen molar-refractivity contribution in [2.75, 3.05) is 40.3 Å². The predicted molar refractivity (Wildman–Crippen MR) is 215 cm³/mol. The van der Waals surface area contributed by atoms with Gasteiger partial charge in [-0.15, -0.1) is 12.4 Å². The predicted octanol–water partition coefficient (Wildman–Crippen LogP) is 8.98. The molecule has 2 atom stereocenters. The van der Waals surface area contributed by atoms with Gasteiger partial charge in [-0.05, 0) is 83.9 Å². The molecule has 0 aromatic heterocycles. The van der Waals surface area contributed by atoms with E-state index in [1.807, 2.05) is 78.9 Å². The molecule has 54 heavy (non-hydrogen) atoms. The minimum atomic E-state index is -4.17. The van der Waals surface area contributed by atoms with Gasteiger partial charge in [0, 0.05) is 43.7 Å². The van der Waals surface area contributed by atoms with Crippen LogP contribution in [0.5, 0.6) is 0 Å². The average Bonchev–Trinajstić information content (AvgIpc) is 3.43. The molecule has 288 valence electrons. The van der Waals surface area contributed by atoms with Crippen molar-refractivity contribution in [3.05, 3.63) is 141 Å². The zero-order chi connectivity index (χ0) is 38.0. The SMILES string of the molecule is CN(CC(CCN1CCC2(CC1)c1ccccc1C[S@]2=O)(c1ccc(Cl)c(Cl)c1)N(C)C(=O)NC(c1ccccc1)c1ccccc1)C(=O)C(F)(F)Cl.Cl. The van der Waals surface area contributed by atoms with Crippen molar-refractivity contribution >= 4 is 69.9 Å². The second kappa shape index (κ2) is 17.3. The second-order valence-corrected chi connectivity index (χ2v) is 16.9. The van der Waals surface area contributed by atoms with Gasteiger partial charge < -0.3 is 20.0 Å². The summed E-state index contributed by atoms with van der Waals surface area (Å²) in [6, 6.07) is 30.9. The smallest absolute Gasteiger partial charge is 0.337 e. The van der Waals surface area contributed by atoms with Gasteiger partial charge in [-0.1, -0.05) is 114 Å². The molecule has 1 fully saturated rings. The minimum Gasteiger partial charge on any atom is -0.337 e. The van der Waals surface area contributed by atoms with Crippen LogP contribution in [-0.4, -0.2) is 76.5 Å². The van der Waals surface area contributed by atoms with Crippen LogP contribution in [0.3, 0.4) is 0 Å². The van der Waals surface area contributed by atoms with Gasteiger partial charge in [0.2, 0.25) is 0 Å². The van der Waals surface area contributed by atoms with Crippen molar-refractivity contribution in [3.63, 3.8) is 0 Å². The number of alkyl halides is 3. The molecule has 2 aliphatic heterocycles. The highest BCUT2D eigenvalue weighted by molar-refractivity contribution is 7.85. The normalized spacial score (nSPS) is 17.7. The van der Waals surface area contributed by atoms with Crippen LogP contribution in [0.4, 0.5) is 13.6 Å². The maximum Gasteiger partial charge on any atom is 0.399 e. The van der Waals surface area contributed by atoms with E-state index in [2.05, 4.69) is 16.3 Å². The highest BCUT2D eigenvalue weighted by Gasteiger charge is 2.49. The molecular formula is C40H42Cl4F2N4O3S. The fourth-order valence-corrected chi connectivity index (χ4v) is 10.1. The fourth-order valence-electron chi connectivity index (χ4n) is 7.78. The van der Waals surface area contributed by atoms with Gasteiger partial charge in [-0.2, -0.15) is 8.78 Å². The van der Waals surface area contributed by atoms with Crippen LogP contribution >= 0.6 is 47.2 Å². The van der Waals surface area contributed by atoms with E-state index in [-0.39, 0.29) is 35.4 Å². The Hall–Kier alpha value is -3.25. The molecule has 14 heteroatoms. The highest BCUT2D eigenvalue weighted by atomic mass is 35.5. The summed E-state index contributed by atoms with van der Waals surface area (Å²) in [4.78, 5) is 32.1. The van der Waals surface area contributed by atoms with E-state index in [1.54, 1.807) is 25.2 Å². The van der Waals surface area contributed by atoms with E-state index >= 15 is 0 Å². The molecule has 2 aliphatic rings. The Morgan fingerprint density at radius 3 is 2.04 bits per heavy atom. The van der Waals surface area contributed by atoms with Gasteiger partial charge in [0.1, 0.15) is 0 Å². The maximum atomic E-state index is 14.6. The molecule has 1 spiro atoms. The Morgan fingerprint density at radius 2 is 1.46 bits per heavy atom. The fraction of sp³-hybridized carbons (Fsp3) is 0.350. The Labute approximate surface area is 338 Å². The van der Waals surface area contributed by atoms with Crippen molar-refractivity contribution in [3.8, 4) is 0 Å². The number of amides is 3. The Morgan fingerprint density at radius 1 is 0.889 bits per heavy atom. The molecule has 0 radical (unpaired) electrons. The first kappa shape index (κ1) is 41.9. The highest BCUT2D eigenvalue weighted by Crippen LogP contribution is 2.47. The lowest BCUT2D eigenvalue weighted by Gasteiger charge is -2.47. The number of carbonyl (C=O) groups excluding carboxylic acids is 2. The number of benzene rings is 4. The summed E-state index contributed by atoms with van der Waals surface area (Å²) in [7, 11) is 1.78. The molecule has 0 aliphatic carbocycles. The van der Waals surface area contributed by atoms with Crippen LogP contribution in [0.25, 0.3) is 0 Å². The molecule has 1 saturated heterocycles. The molecule has 4 aromatic rings. The number of piperidine rings is 1. The Bertz CT molecular complexity index is 1930. The molecule has 2 heterocycles. The number of fused-ring (bicyclic) bond motifs is 2. The summed E-state index contributed by atoms with van der Waals surface area (Å²) < 4.78 is 41.8. The second-order valence-electron chi connectivity index (χ2n) is 13.8. The minimum absolute atomic E-state index is 0. The molecule has 1 unspecified atom stereocenters. The van der Waals surface area contributed by atoms with E-state index in [9.17, 15) is 22.6 Å².